The molecule has 0 unspecified atom stereocenters. The summed E-state index contributed by atoms with van der Waals surface area (Å²) in [4.78, 5) is 29.9. The molecule has 5 aromatic rings. The molecule has 3 aliphatic rings. The van der Waals surface area contributed by atoms with Gasteiger partial charge in [0.2, 0.25) is 5.89 Å². The molecule has 0 bridgehead atoms. The first-order chi connectivity index (χ1) is 20.1. The number of anilines is 3. The number of nitrogens with one attached hydrogen (secondary N) is 1. The van der Waals surface area contributed by atoms with Gasteiger partial charge in [-0.2, -0.15) is 0 Å². The number of carbonyl (C=O) groups is 1. The van der Waals surface area contributed by atoms with Crippen LogP contribution in [0.1, 0.15) is 24.2 Å². The van der Waals surface area contributed by atoms with Gasteiger partial charge < -0.3 is 14.6 Å². The summed E-state index contributed by atoms with van der Waals surface area (Å²) in [7, 11) is 0. The molecule has 8 rings (SSSR count). The summed E-state index contributed by atoms with van der Waals surface area (Å²) in [6.45, 7) is 6.93. The molecule has 214 valence electrons. The lowest BCUT2D eigenvalue weighted by molar-refractivity contribution is 0.231. The number of carbonyl (C=O) groups excluding carboxylic acids is 1. The third-order valence-corrected chi connectivity index (χ3v) is 9.01. The summed E-state index contributed by atoms with van der Waals surface area (Å²) < 4.78 is 5.81. The van der Waals surface area contributed by atoms with Gasteiger partial charge in [0.1, 0.15) is 5.76 Å². The van der Waals surface area contributed by atoms with E-state index in [1.807, 2.05) is 54.4 Å². The van der Waals surface area contributed by atoms with Gasteiger partial charge in [0.25, 0.3) is 0 Å². The standard InChI is InChI=1S/C33H32N6O2.ClH/c1-21-19-35-32(41-21)26-8-9-28(25-7-3-2-6-24(25)26)36-33(40)39-14-11-22-17-29-27(18-31(22)39)30(10-12-34-29)38-16-15-37-13-4-5-23(37)20-38;/h2-3,6-10,12,17-19,23H,4-5,11,13-16,20H2,1H3,(H,36,40);1H/t23-;/m0./s1. The van der Waals surface area contributed by atoms with Gasteiger partial charge in [-0.25, -0.2) is 9.78 Å². The Labute approximate surface area is 250 Å². The molecule has 1 atom stereocenters. The third-order valence-electron chi connectivity index (χ3n) is 9.01. The first-order valence-electron chi connectivity index (χ1n) is 14.6. The van der Waals surface area contributed by atoms with E-state index in [1.165, 1.54) is 25.1 Å². The highest BCUT2D eigenvalue weighted by atomic mass is 35.5. The van der Waals surface area contributed by atoms with E-state index in [4.69, 9.17) is 9.40 Å². The van der Waals surface area contributed by atoms with Crippen molar-refractivity contribution in [2.75, 3.05) is 47.8 Å². The number of halogens is 1. The number of aryl methyl sites for hydroxylation is 1. The summed E-state index contributed by atoms with van der Waals surface area (Å²) in [6, 6.07) is 19.0. The van der Waals surface area contributed by atoms with Crippen molar-refractivity contribution in [2.45, 2.75) is 32.2 Å². The SMILES string of the molecule is Cc1cnc(-c2ccc(NC(=O)N3CCc4cc5nccc(N6CCN7CCC[C@H]7C6)c5cc43)c3ccccc23)o1.Cl. The minimum Gasteiger partial charge on any atom is -0.441 e. The van der Waals surface area contributed by atoms with Crippen LogP contribution in [0.2, 0.25) is 0 Å². The van der Waals surface area contributed by atoms with Crippen molar-refractivity contribution in [1.82, 2.24) is 14.9 Å². The number of nitrogens with zero attached hydrogens (tertiary/aromatic N) is 5. The number of hydrogen-bond donors (Lipinski definition) is 1. The number of urea groups is 1. The summed E-state index contributed by atoms with van der Waals surface area (Å²) in [6.07, 6.45) is 7.04. The highest BCUT2D eigenvalue weighted by Gasteiger charge is 2.32. The monoisotopic (exact) mass is 580 g/mol. The van der Waals surface area contributed by atoms with E-state index in [2.05, 4.69) is 38.3 Å². The lowest BCUT2D eigenvalue weighted by Crippen LogP contribution is -2.50. The van der Waals surface area contributed by atoms with Crippen LogP contribution >= 0.6 is 12.4 Å². The van der Waals surface area contributed by atoms with E-state index >= 15 is 0 Å². The molecule has 2 saturated heterocycles. The van der Waals surface area contributed by atoms with Crippen LogP contribution in [0, 0.1) is 6.92 Å². The van der Waals surface area contributed by atoms with Crippen LogP contribution in [0.3, 0.4) is 0 Å². The summed E-state index contributed by atoms with van der Waals surface area (Å²) in [5.74, 6) is 1.34. The number of oxazole rings is 1. The highest BCUT2D eigenvalue weighted by molar-refractivity contribution is 6.11. The summed E-state index contributed by atoms with van der Waals surface area (Å²) in [5, 5.41) is 6.26. The molecule has 9 heteroatoms. The van der Waals surface area contributed by atoms with E-state index < -0.39 is 0 Å². The van der Waals surface area contributed by atoms with Gasteiger partial charge >= 0.3 is 6.03 Å². The normalized spacial score (nSPS) is 18.3. The lowest BCUT2D eigenvalue weighted by atomic mass is 10.0. The smallest absolute Gasteiger partial charge is 0.326 e. The van der Waals surface area contributed by atoms with Crippen molar-refractivity contribution >= 4 is 57.2 Å². The highest BCUT2D eigenvalue weighted by Crippen LogP contribution is 2.38. The molecular weight excluding hydrogens is 548 g/mol. The van der Waals surface area contributed by atoms with Crippen LogP contribution in [-0.2, 0) is 6.42 Å². The first-order valence-corrected chi connectivity index (χ1v) is 14.6. The van der Waals surface area contributed by atoms with Gasteiger partial charge in [-0.05, 0) is 74.0 Å². The zero-order chi connectivity index (χ0) is 27.5. The molecular formula is C33H33ClN6O2. The molecule has 2 amide bonds. The fraction of sp³-hybridized carbons (Fsp3) is 0.303. The Balaban J connectivity index is 0.00000288. The van der Waals surface area contributed by atoms with Crippen LogP contribution < -0.4 is 15.1 Å². The molecule has 3 aliphatic heterocycles. The molecule has 5 heterocycles. The van der Waals surface area contributed by atoms with Crippen LogP contribution in [0.4, 0.5) is 21.9 Å². The minimum atomic E-state index is -0.127. The van der Waals surface area contributed by atoms with Gasteiger partial charge in [-0.3, -0.25) is 14.8 Å². The van der Waals surface area contributed by atoms with E-state index in [0.29, 0.717) is 18.5 Å². The minimum absolute atomic E-state index is 0. The van der Waals surface area contributed by atoms with E-state index in [1.54, 1.807) is 6.20 Å². The molecule has 1 N–H and O–H groups in total. The average molecular weight is 581 g/mol. The Morgan fingerprint density at radius 2 is 1.83 bits per heavy atom. The van der Waals surface area contributed by atoms with Crippen molar-refractivity contribution in [3.8, 4) is 11.5 Å². The Kier molecular flexibility index (Phi) is 6.75. The Bertz CT molecular complexity index is 1820. The maximum absolute atomic E-state index is 13.8. The number of benzene rings is 3. The fourth-order valence-electron chi connectivity index (χ4n) is 6.97. The van der Waals surface area contributed by atoms with Gasteiger partial charge in [0.15, 0.2) is 0 Å². The number of fused-ring (bicyclic) bond motifs is 4. The van der Waals surface area contributed by atoms with Crippen LogP contribution in [0.5, 0.6) is 0 Å². The molecule has 2 aromatic heterocycles. The molecule has 0 aliphatic carbocycles. The van der Waals surface area contributed by atoms with E-state index in [-0.39, 0.29) is 18.4 Å². The van der Waals surface area contributed by atoms with Gasteiger partial charge in [-0.15, -0.1) is 12.4 Å². The third kappa shape index (κ3) is 4.46. The zero-order valence-corrected chi connectivity index (χ0v) is 24.4. The van der Waals surface area contributed by atoms with Crippen molar-refractivity contribution in [3.63, 3.8) is 0 Å². The van der Waals surface area contributed by atoms with Crippen molar-refractivity contribution in [1.29, 1.82) is 0 Å². The van der Waals surface area contributed by atoms with Crippen molar-refractivity contribution in [3.05, 3.63) is 78.3 Å². The molecule has 3 aromatic carbocycles. The van der Waals surface area contributed by atoms with E-state index in [0.717, 1.165) is 76.0 Å². The number of pyridine rings is 1. The number of piperazine rings is 1. The van der Waals surface area contributed by atoms with Gasteiger partial charge in [0.05, 0.1) is 17.4 Å². The maximum Gasteiger partial charge on any atom is 0.326 e. The Morgan fingerprint density at radius 3 is 2.69 bits per heavy atom. The average Bonchev–Trinajstić information content (AvgIpc) is 3.75. The molecule has 8 nitrogen and oxygen atoms in total. The maximum atomic E-state index is 13.8. The quantitative estimate of drug-likeness (QED) is 0.257. The predicted octanol–water partition coefficient (Wildman–Crippen LogP) is 6.65. The molecule has 42 heavy (non-hydrogen) atoms. The largest absolute Gasteiger partial charge is 0.441 e. The topological polar surface area (TPSA) is 77.7 Å². The molecule has 0 radical (unpaired) electrons. The van der Waals surface area contributed by atoms with Crippen LogP contribution in [-0.4, -0.2) is 59.7 Å². The first kappa shape index (κ1) is 26.7. The van der Waals surface area contributed by atoms with Crippen molar-refractivity contribution < 1.29 is 9.21 Å². The second-order valence-corrected chi connectivity index (χ2v) is 11.4. The van der Waals surface area contributed by atoms with E-state index in [9.17, 15) is 4.79 Å². The predicted molar refractivity (Wildman–Crippen MR) is 170 cm³/mol. The fourth-order valence-corrected chi connectivity index (χ4v) is 6.97. The number of hydrogen-bond acceptors (Lipinski definition) is 6. The molecule has 2 fully saturated rings. The second-order valence-electron chi connectivity index (χ2n) is 11.4. The molecule has 0 spiro atoms. The molecule has 0 saturated carbocycles. The lowest BCUT2D eigenvalue weighted by Gasteiger charge is -2.39. The summed E-state index contributed by atoms with van der Waals surface area (Å²) in [5.41, 5.74) is 6.03. The van der Waals surface area contributed by atoms with Crippen LogP contribution in [0.25, 0.3) is 33.1 Å². The Morgan fingerprint density at radius 1 is 0.952 bits per heavy atom. The van der Waals surface area contributed by atoms with Crippen molar-refractivity contribution in [2.24, 2.45) is 0 Å². The van der Waals surface area contributed by atoms with Crippen LogP contribution in [0.15, 0.2) is 71.4 Å². The number of rotatable bonds is 3. The number of aromatic nitrogens is 2. The van der Waals surface area contributed by atoms with Gasteiger partial charge in [-0.1, -0.05) is 24.3 Å². The summed E-state index contributed by atoms with van der Waals surface area (Å²) >= 11 is 0. The Hall–Kier alpha value is -4.14. The second kappa shape index (κ2) is 10.6. The van der Waals surface area contributed by atoms with Gasteiger partial charge in [0, 0.05) is 66.1 Å². The zero-order valence-electron chi connectivity index (χ0n) is 23.5. The number of amides is 2.